The highest BCUT2D eigenvalue weighted by atomic mass is 32.1. The second-order valence-electron chi connectivity index (χ2n) is 6.97. The van der Waals surface area contributed by atoms with E-state index in [0.29, 0.717) is 18.6 Å². The molecule has 1 aromatic rings. The maximum Gasteiger partial charge on any atom is 0.349 e. The van der Waals surface area contributed by atoms with Crippen molar-refractivity contribution < 1.29 is 28.6 Å². The summed E-state index contributed by atoms with van der Waals surface area (Å²) in [5.41, 5.74) is -0.0481. The van der Waals surface area contributed by atoms with Crippen LogP contribution in [0.3, 0.4) is 0 Å². The van der Waals surface area contributed by atoms with Gasteiger partial charge in [0.1, 0.15) is 21.6 Å². The van der Waals surface area contributed by atoms with Gasteiger partial charge in [-0.25, -0.2) is 9.59 Å². The van der Waals surface area contributed by atoms with E-state index < -0.39 is 23.6 Å². The van der Waals surface area contributed by atoms with Gasteiger partial charge in [0.2, 0.25) is 0 Å². The van der Waals surface area contributed by atoms with Gasteiger partial charge in [-0.05, 0) is 53.0 Å². The molecule has 1 N–H and O–H groups in total. The zero-order chi connectivity index (χ0) is 19.5. The van der Waals surface area contributed by atoms with E-state index >= 15 is 0 Å². The number of ether oxygens (including phenoxy) is 3. The Kier molecular flexibility index (Phi) is 6.41. The average molecular weight is 383 g/mol. The number of amides is 1. The van der Waals surface area contributed by atoms with Crippen LogP contribution in [0.25, 0.3) is 0 Å². The molecule has 0 bridgehead atoms. The van der Waals surface area contributed by atoms with Crippen molar-refractivity contribution in [3.8, 4) is 0 Å². The van der Waals surface area contributed by atoms with Crippen LogP contribution in [0.4, 0.5) is 5.00 Å². The lowest BCUT2D eigenvalue weighted by Gasteiger charge is -2.19. The van der Waals surface area contributed by atoms with E-state index in [1.807, 2.05) is 0 Å². The Labute approximate surface area is 157 Å². The molecule has 1 aromatic heterocycles. The molecule has 0 aliphatic carbocycles. The van der Waals surface area contributed by atoms with Gasteiger partial charge in [0, 0.05) is 6.61 Å². The molecule has 1 atom stereocenters. The minimum Gasteiger partial charge on any atom is -0.462 e. The number of anilines is 1. The van der Waals surface area contributed by atoms with Crippen molar-refractivity contribution in [3.05, 3.63) is 16.0 Å². The van der Waals surface area contributed by atoms with Gasteiger partial charge in [0.05, 0.1) is 12.2 Å². The molecule has 0 aromatic carbocycles. The van der Waals surface area contributed by atoms with Crippen LogP contribution >= 0.6 is 11.3 Å². The van der Waals surface area contributed by atoms with E-state index in [1.165, 1.54) is 0 Å². The monoisotopic (exact) mass is 383 g/mol. The highest BCUT2D eigenvalue weighted by Crippen LogP contribution is 2.35. The number of hydrogen-bond donors (Lipinski definition) is 1. The smallest absolute Gasteiger partial charge is 0.349 e. The van der Waals surface area contributed by atoms with Crippen LogP contribution in [-0.4, -0.2) is 42.8 Å². The first-order chi connectivity index (χ1) is 12.1. The van der Waals surface area contributed by atoms with Crippen molar-refractivity contribution in [1.29, 1.82) is 0 Å². The quantitative estimate of drug-likeness (QED) is 0.785. The second-order valence-corrected chi connectivity index (χ2v) is 7.99. The van der Waals surface area contributed by atoms with Crippen LogP contribution in [-0.2, 0) is 19.0 Å². The number of carbonyl (C=O) groups is 3. The fraction of sp³-hybridized carbons (Fsp3) is 0.611. The fourth-order valence-electron chi connectivity index (χ4n) is 2.55. The Bertz CT molecular complexity index is 697. The van der Waals surface area contributed by atoms with E-state index in [4.69, 9.17) is 14.2 Å². The summed E-state index contributed by atoms with van der Waals surface area (Å²) >= 11 is 1.01. The molecule has 0 spiro atoms. The van der Waals surface area contributed by atoms with Gasteiger partial charge in [-0.1, -0.05) is 0 Å². The number of hydrogen-bond acceptors (Lipinski definition) is 7. The fourth-order valence-corrected chi connectivity index (χ4v) is 3.62. The molecule has 0 radical (unpaired) electrons. The first-order valence-corrected chi connectivity index (χ1v) is 9.42. The van der Waals surface area contributed by atoms with Gasteiger partial charge < -0.3 is 19.5 Å². The molecule has 2 heterocycles. The molecule has 0 unspecified atom stereocenters. The molecule has 1 aliphatic rings. The predicted molar refractivity (Wildman–Crippen MR) is 97.8 cm³/mol. The third-order valence-electron chi connectivity index (χ3n) is 3.67. The lowest BCUT2D eigenvalue weighted by atomic mass is 10.1. The lowest BCUT2D eigenvalue weighted by Crippen LogP contribution is -2.27. The van der Waals surface area contributed by atoms with Gasteiger partial charge in [0.25, 0.3) is 5.91 Å². The molecule has 0 saturated carbocycles. The SMILES string of the molecule is CCOC(=O)c1c(NC(=O)[C@@H]2CCCO2)sc(C(=O)OC(C)(C)C)c1C. The standard InChI is InChI=1S/C18H25NO6S/c1-6-23-16(21)12-10(2)13(17(22)25-18(3,4)5)26-15(12)19-14(20)11-8-7-9-24-11/h11H,6-9H2,1-5H3,(H,19,20)/t11-/m0/s1. The van der Waals surface area contributed by atoms with Crippen LogP contribution in [0.5, 0.6) is 0 Å². The van der Waals surface area contributed by atoms with E-state index in [1.54, 1.807) is 34.6 Å². The van der Waals surface area contributed by atoms with Crippen LogP contribution in [0.2, 0.25) is 0 Å². The molecule has 7 nitrogen and oxygen atoms in total. The Balaban J connectivity index is 2.34. The third kappa shape index (κ3) is 4.82. The number of thiophene rings is 1. The summed E-state index contributed by atoms with van der Waals surface area (Å²) in [5.74, 6) is -1.45. The number of nitrogens with one attached hydrogen (secondary N) is 1. The molecule has 1 fully saturated rings. The summed E-state index contributed by atoms with van der Waals surface area (Å²) < 4.78 is 15.9. The third-order valence-corrected chi connectivity index (χ3v) is 4.86. The maximum atomic E-state index is 12.5. The Morgan fingerprint density at radius 2 is 1.96 bits per heavy atom. The molecular formula is C18H25NO6S. The van der Waals surface area contributed by atoms with Gasteiger partial charge in [-0.3, -0.25) is 4.79 Å². The van der Waals surface area contributed by atoms with Crippen molar-refractivity contribution in [2.24, 2.45) is 0 Å². The van der Waals surface area contributed by atoms with Crippen molar-refractivity contribution in [2.75, 3.05) is 18.5 Å². The summed E-state index contributed by atoms with van der Waals surface area (Å²) in [6, 6.07) is 0. The Morgan fingerprint density at radius 1 is 1.27 bits per heavy atom. The minimum absolute atomic E-state index is 0.184. The minimum atomic E-state index is -0.668. The number of carbonyl (C=O) groups excluding carboxylic acids is 3. The molecule has 8 heteroatoms. The van der Waals surface area contributed by atoms with Crippen molar-refractivity contribution in [1.82, 2.24) is 0 Å². The predicted octanol–water partition coefficient (Wildman–Crippen LogP) is 3.31. The summed E-state index contributed by atoms with van der Waals surface area (Å²) in [4.78, 5) is 37.5. The molecule has 26 heavy (non-hydrogen) atoms. The molecule has 1 amide bonds. The molecular weight excluding hydrogens is 358 g/mol. The van der Waals surface area contributed by atoms with Crippen molar-refractivity contribution in [3.63, 3.8) is 0 Å². The zero-order valence-electron chi connectivity index (χ0n) is 15.8. The maximum absolute atomic E-state index is 12.5. The van der Waals surface area contributed by atoms with Gasteiger partial charge in [0.15, 0.2) is 0 Å². The number of rotatable bonds is 5. The first-order valence-electron chi connectivity index (χ1n) is 8.60. The van der Waals surface area contributed by atoms with Gasteiger partial charge in [-0.15, -0.1) is 11.3 Å². The van der Waals surface area contributed by atoms with E-state index in [-0.39, 0.29) is 28.0 Å². The summed E-state index contributed by atoms with van der Waals surface area (Å²) in [6.45, 7) is 9.36. The van der Waals surface area contributed by atoms with E-state index in [0.717, 1.165) is 17.8 Å². The largest absolute Gasteiger partial charge is 0.462 e. The second kappa shape index (κ2) is 8.18. The highest BCUT2D eigenvalue weighted by Gasteiger charge is 2.31. The Hall–Kier alpha value is -1.93. The van der Waals surface area contributed by atoms with Crippen molar-refractivity contribution in [2.45, 2.75) is 59.2 Å². The number of esters is 2. The molecule has 2 rings (SSSR count). The topological polar surface area (TPSA) is 90.9 Å². The van der Waals surface area contributed by atoms with Crippen LogP contribution in [0.1, 0.15) is 66.1 Å². The van der Waals surface area contributed by atoms with Crippen LogP contribution in [0, 0.1) is 6.92 Å². The first kappa shape index (κ1) is 20.4. The Morgan fingerprint density at radius 3 is 2.50 bits per heavy atom. The lowest BCUT2D eigenvalue weighted by molar-refractivity contribution is -0.124. The molecule has 1 saturated heterocycles. The molecule has 144 valence electrons. The zero-order valence-corrected chi connectivity index (χ0v) is 16.6. The van der Waals surface area contributed by atoms with E-state index in [9.17, 15) is 14.4 Å². The van der Waals surface area contributed by atoms with Crippen LogP contribution < -0.4 is 5.32 Å². The van der Waals surface area contributed by atoms with Crippen LogP contribution in [0.15, 0.2) is 0 Å². The van der Waals surface area contributed by atoms with Crippen molar-refractivity contribution >= 4 is 34.2 Å². The van der Waals surface area contributed by atoms with E-state index in [2.05, 4.69) is 5.32 Å². The highest BCUT2D eigenvalue weighted by molar-refractivity contribution is 7.18. The average Bonchev–Trinajstić information content (AvgIpc) is 3.14. The van der Waals surface area contributed by atoms with Gasteiger partial charge in [-0.2, -0.15) is 0 Å². The van der Waals surface area contributed by atoms with Gasteiger partial charge >= 0.3 is 11.9 Å². The summed E-state index contributed by atoms with van der Waals surface area (Å²) in [5, 5.41) is 3.00. The molecule has 1 aliphatic heterocycles. The summed E-state index contributed by atoms with van der Waals surface area (Å²) in [6.07, 6.45) is 0.900. The normalized spacial score (nSPS) is 17.0. The summed E-state index contributed by atoms with van der Waals surface area (Å²) in [7, 11) is 0.